The van der Waals surface area contributed by atoms with Crippen molar-refractivity contribution in [2.75, 3.05) is 20.3 Å². The fourth-order valence-corrected chi connectivity index (χ4v) is 2.04. The number of rotatable bonds is 5. The molecule has 0 spiro atoms. The van der Waals surface area contributed by atoms with E-state index in [9.17, 15) is 4.79 Å². The summed E-state index contributed by atoms with van der Waals surface area (Å²) in [5, 5.41) is 3.25. The van der Waals surface area contributed by atoms with Crippen LogP contribution in [0.1, 0.15) is 27.2 Å². The first kappa shape index (κ1) is 12.5. The summed E-state index contributed by atoms with van der Waals surface area (Å²) >= 11 is 0. The first-order valence-corrected chi connectivity index (χ1v) is 5.61. The molecule has 0 aromatic heterocycles. The molecule has 0 bridgehead atoms. The lowest BCUT2D eigenvalue weighted by Crippen LogP contribution is -2.46. The van der Waals surface area contributed by atoms with Gasteiger partial charge in [-0.2, -0.15) is 0 Å². The van der Waals surface area contributed by atoms with Gasteiger partial charge in [0.2, 0.25) is 5.91 Å². The van der Waals surface area contributed by atoms with E-state index in [1.807, 2.05) is 4.90 Å². The molecular weight excluding hydrogens is 192 g/mol. The van der Waals surface area contributed by atoms with E-state index in [2.05, 4.69) is 26.1 Å². The zero-order valence-corrected chi connectivity index (χ0v) is 10.1. The number of nitrogens with one attached hydrogen (secondary N) is 1. The molecule has 1 rings (SSSR count). The highest BCUT2D eigenvalue weighted by molar-refractivity contribution is 5.81. The Bertz CT molecular complexity index is 219. The van der Waals surface area contributed by atoms with Gasteiger partial charge in [-0.1, -0.05) is 13.8 Å². The van der Waals surface area contributed by atoms with Gasteiger partial charge in [0, 0.05) is 19.8 Å². The second-order valence-electron chi connectivity index (χ2n) is 4.50. The van der Waals surface area contributed by atoms with Crippen molar-refractivity contribution in [1.82, 2.24) is 10.2 Å². The van der Waals surface area contributed by atoms with Crippen LogP contribution in [-0.2, 0) is 9.53 Å². The lowest BCUT2D eigenvalue weighted by molar-refractivity contribution is -0.130. The molecule has 2 atom stereocenters. The summed E-state index contributed by atoms with van der Waals surface area (Å²) < 4.78 is 5.04. The maximum absolute atomic E-state index is 11.7. The van der Waals surface area contributed by atoms with Gasteiger partial charge in [0.15, 0.2) is 0 Å². The standard InChI is InChI=1S/C11H22N2O2/c1-8(2)11-12-7-10(14)13(11)9(3)5-6-15-4/h8-9,11-12H,5-7H2,1-4H3. The summed E-state index contributed by atoms with van der Waals surface area (Å²) in [6, 6.07) is 0.250. The molecule has 2 unspecified atom stereocenters. The molecule has 4 nitrogen and oxygen atoms in total. The van der Waals surface area contributed by atoms with E-state index in [1.54, 1.807) is 7.11 Å². The molecule has 15 heavy (non-hydrogen) atoms. The second kappa shape index (κ2) is 5.47. The number of methoxy groups -OCH3 is 1. The predicted molar refractivity (Wildman–Crippen MR) is 59.4 cm³/mol. The average molecular weight is 214 g/mol. The lowest BCUT2D eigenvalue weighted by atomic mass is 10.1. The molecule has 1 saturated heterocycles. The van der Waals surface area contributed by atoms with Crippen molar-refractivity contribution in [2.24, 2.45) is 5.92 Å². The van der Waals surface area contributed by atoms with Gasteiger partial charge in [-0.3, -0.25) is 10.1 Å². The summed E-state index contributed by atoms with van der Waals surface area (Å²) in [6.45, 7) is 7.52. The van der Waals surface area contributed by atoms with E-state index in [0.29, 0.717) is 19.1 Å². The smallest absolute Gasteiger partial charge is 0.238 e. The van der Waals surface area contributed by atoms with Crippen molar-refractivity contribution in [2.45, 2.75) is 39.4 Å². The van der Waals surface area contributed by atoms with E-state index in [4.69, 9.17) is 4.74 Å². The highest BCUT2D eigenvalue weighted by atomic mass is 16.5. The molecule has 4 heteroatoms. The number of carbonyl (C=O) groups is 1. The quantitative estimate of drug-likeness (QED) is 0.737. The van der Waals surface area contributed by atoms with Gasteiger partial charge in [0.25, 0.3) is 0 Å². The van der Waals surface area contributed by atoms with Crippen LogP contribution in [-0.4, -0.2) is 43.3 Å². The van der Waals surface area contributed by atoms with Crippen LogP contribution in [0.4, 0.5) is 0 Å². The van der Waals surface area contributed by atoms with Gasteiger partial charge in [-0.25, -0.2) is 0 Å². The highest BCUT2D eigenvalue weighted by Gasteiger charge is 2.35. The Morgan fingerprint density at radius 2 is 2.20 bits per heavy atom. The number of amides is 1. The number of hydrogen-bond acceptors (Lipinski definition) is 3. The number of hydrogen-bond donors (Lipinski definition) is 1. The Morgan fingerprint density at radius 3 is 2.73 bits per heavy atom. The van der Waals surface area contributed by atoms with Crippen LogP contribution in [0.5, 0.6) is 0 Å². The van der Waals surface area contributed by atoms with Crippen molar-refractivity contribution >= 4 is 5.91 Å². The first-order valence-electron chi connectivity index (χ1n) is 5.61. The van der Waals surface area contributed by atoms with Gasteiger partial charge < -0.3 is 9.64 Å². The predicted octanol–water partition coefficient (Wildman–Crippen LogP) is 0.825. The van der Waals surface area contributed by atoms with E-state index in [0.717, 1.165) is 6.42 Å². The molecule has 88 valence electrons. The molecular formula is C11H22N2O2. The van der Waals surface area contributed by atoms with Crippen molar-refractivity contribution < 1.29 is 9.53 Å². The maximum atomic E-state index is 11.7. The molecule has 0 aromatic carbocycles. The summed E-state index contributed by atoms with van der Waals surface area (Å²) in [5.74, 6) is 0.652. The Balaban J connectivity index is 2.58. The molecule has 1 N–H and O–H groups in total. The minimum Gasteiger partial charge on any atom is -0.385 e. The third-order valence-electron chi connectivity index (χ3n) is 2.90. The molecule has 0 saturated carbocycles. The van der Waals surface area contributed by atoms with E-state index < -0.39 is 0 Å². The van der Waals surface area contributed by atoms with E-state index in [1.165, 1.54) is 0 Å². The average Bonchev–Trinajstić information content (AvgIpc) is 2.56. The lowest BCUT2D eigenvalue weighted by Gasteiger charge is -2.32. The van der Waals surface area contributed by atoms with Gasteiger partial charge >= 0.3 is 0 Å². The fraction of sp³-hybridized carbons (Fsp3) is 0.909. The summed E-state index contributed by atoms with van der Waals surface area (Å²) in [7, 11) is 1.69. The third-order valence-corrected chi connectivity index (χ3v) is 2.90. The molecule has 1 fully saturated rings. The van der Waals surface area contributed by atoms with Gasteiger partial charge in [-0.05, 0) is 19.3 Å². The SMILES string of the molecule is COCCC(C)N1C(=O)CNC1C(C)C. The molecule has 0 aliphatic carbocycles. The largest absolute Gasteiger partial charge is 0.385 e. The minimum absolute atomic E-state index is 0.185. The summed E-state index contributed by atoms with van der Waals surface area (Å²) in [5.41, 5.74) is 0. The Morgan fingerprint density at radius 1 is 1.53 bits per heavy atom. The first-order chi connectivity index (χ1) is 7.07. The molecule has 0 aromatic rings. The zero-order chi connectivity index (χ0) is 11.4. The van der Waals surface area contributed by atoms with Crippen LogP contribution in [0.3, 0.4) is 0 Å². The van der Waals surface area contributed by atoms with Gasteiger partial charge in [-0.15, -0.1) is 0 Å². The summed E-state index contributed by atoms with van der Waals surface area (Å²) in [4.78, 5) is 13.7. The number of carbonyl (C=O) groups excluding carboxylic acids is 1. The number of nitrogens with zero attached hydrogens (tertiary/aromatic N) is 1. The highest BCUT2D eigenvalue weighted by Crippen LogP contribution is 2.18. The van der Waals surface area contributed by atoms with E-state index in [-0.39, 0.29) is 18.1 Å². The van der Waals surface area contributed by atoms with Gasteiger partial charge in [0.1, 0.15) is 0 Å². The Labute approximate surface area is 92.0 Å². The third kappa shape index (κ3) is 2.92. The Kier molecular flexibility index (Phi) is 4.54. The zero-order valence-electron chi connectivity index (χ0n) is 10.1. The van der Waals surface area contributed by atoms with Crippen LogP contribution >= 0.6 is 0 Å². The van der Waals surface area contributed by atoms with Crippen LogP contribution < -0.4 is 5.32 Å². The Hall–Kier alpha value is -0.610. The second-order valence-corrected chi connectivity index (χ2v) is 4.50. The topological polar surface area (TPSA) is 41.6 Å². The minimum atomic E-state index is 0.185. The van der Waals surface area contributed by atoms with Crippen molar-refractivity contribution in [3.63, 3.8) is 0 Å². The molecule has 0 radical (unpaired) electrons. The van der Waals surface area contributed by atoms with E-state index >= 15 is 0 Å². The molecule has 1 heterocycles. The fourth-order valence-electron chi connectivity index (χ4n) is 2.04. The van der Waals surface area contributed by atoms with Gasteiger partial charge in [0.05, 0.1) is 12.7 Å². The van der Waals surface area contributed by atoms with Crippen LogP contribution in [0.25, 0.3) is 0 Å². The monoisotopic (exact) mass is 214 g/mol. The van der Waals surface area contributed by atoms with Crippen LogP contribution in [0, 0.1) is 5.92 Å². The molecule has 1 aliphatic rings. The summed E-state index contributed by atoms with van der Waals surface area (Å²) in [6.07, 6.45) is 1.08. The molecule has 1 amide bonds. The normalized spacial score (nSPS) is 23.9. The molecule has 1 aliphatic heterocycles. The van der Waals surface area contributed by atoms with Crippen molar-refractivity contribution in [3.05, 3.63) is 0 Å². The van der Waals surface area contributed by atoms with Crippen LogP contribution in [0.2, 0.25) is 0 Å². The maximum Gasteiger partial charge on any atom is 0.238 e. The van der Waals surface area contributed by atoms with Crippen molar-refractivity contribution in [1.29, 1.82) is 0 Å². The van der Waals surface area contributed by atoms with Crippen molar-refractivity contribution in [3.8, 4) is 0 Å². The van der Waals surface area contributed by atoms with Crippen LogP contribution in [0.15, 0.2) is 0 Å². The number of ether oxygens (including phenoxy) is 1.